The van der Waals surface area contributed by atoms with E-state index in [1.54, 1.807) is 0 Å². The maximum Gasteiger partial charge on any atom is 0.230 e. The minimum absolute atomic E-state index is 0.00860. The number of carbonyl (C=O) groups is 1. The van der Waals surface area contributed by atoms with Crippen LogP contribution in [0.1, 0.15) is 37.7 Å². The van der Waals surface area contributed by atoms with Gasteiger partial charge in [-0.3, -0.25) is 4.79 Å². The van der Waals surface area contributed by atoms with Crippen molar-refractivity contribution in [1.82, 2.24) is 9.80 Å². The third kappa shape index (κ3) is 3.43. The van der Waals surface area contributed by atoms with Crippen LogP contribution >= 0.6 is 0 Å². The second-order valence-corrected chi connectivity index (χ2v) is 7.09. The lowest BCUT2D eigenvalue weighted by molar-refractivity contribution is -0.141. The van der Waals surface area contributed by atoms with Gasteiger partial charge < -0.3 is 14.9 Å². The van der Waals surface area contributed by atoms with Gasteiger partial charge in [0.1, 0.15) is 0 Å². The third-order valence-corrected chi connectivity index (χ3v) is 5.69. The Morgan fingerprint density at radius 1 is 1.22 bits per heavy atom. The Morgan fingerprint density at radius 3 is 2.52 bits per heavy atom. The highest BCUT2D eigenvalue weighted by Gasteiger charge is 2.45. The standard InChI is InChI=1S/C19H28N2O2/c1-2-21-15-19(8-10-20(11-9-19)12-13-22)14-17(18(21)23)16-6-4-3-5-7-16/h3-7,17,22H,2,8-15H2,1H3/t17-/m0/s1. The summed E-state index contributed by atoms with van der Waals surface area (Å²) in [7, 11) is 0. The minimum atomic E-state index is 0.00860. The highest BCUT2D eigenvalue weighted by Crippen LogP contribution is 2.45. The van der Waals surface area contributed by atoms with E-state index in [1.807, 2.05) is 18.2 Å². The Kier molecular flexibility index (Phi) is 5.02. The van der Waals surface area contributed by atoms with Crippen molar-refractivity contribution >= 4 is 5.91 Å². The molecule has 1 atom stereocenters. The molecule has 0 aliphatic carbocycles. The molecule has 4 nitrogen and oxygen atoms in total. The quantitative estimate of drug-likeness (QED) is 0.925. The molecule has 0 unspecified atom stereocenters. The van der Waals surface area contributed by atoms with Crippen molar-refractivity contribution in [2.45, 2.75) is 32.1 Å². The van der Waals surface area contributed by atoms with Gasteiger partial charge in [-0.1, -0.05) is 30.3 Å². The molecule has 0 saturated carbocycles. The van der Waals surface area contributed by atoms with Crippen LogP contribution in [0.3, 0.4) is 0 Å². The molecular weight excluding hydrogens is 288 g/mol. The summed E-state index contributed by atoms with van der Waals surface area (Å²) < 4.78 is 0. The van der Waals surface area contributed by atoms with Crippen LogP contribution in [0.15, 0.2) is 30.3 Å². The van der Waals surface area contributed by atoms with Gasteiger partial charge in [0.15, 0.2) is 0 Å². The number of β-amino-alcohol motifs (C(OH)–C–C–N with tert-alkyl or cyclic N) is 1. The summed E-state index contributed by atoms with van der Waals surface area (Å²) in [5.41, 5.74) is 1.41. The highest BCUT2D eigenvalue weighted by molar-refractivity contribution is 5.84. The number of benzene rings is 1. The van der Waals surface area contributed by atoms with E-state index in [-0.39, 0.29) is 17.9 Å². The average Bonchev–Trinajstić information content (AvgIpc) is 2.60. The predicted octanol–water partition coefficient (Wildman–Crippen LogP) is 2.10. The normalized spacial score (nSPS) is 25.0. The molecule has 0 bridgehead atoms. The lowest BCUT2D eigenvalue weighted by Crippen LogP contribution is -2.54. The average molecular weight is 316 g/mol. The van der Waals surface area contributed by atoms with E-state index >= 15 is 0 Å². The Morgan fingerprint density at radius 2 is 1.91 bits per heavy atom. The molecule has 2 heterocycles. The smallest absolute Gasteiger partial charge is 0.230 e. The Hall–Kier alpha value is -1.39. The van der Waals surface area contributed by atoms with E-state index in [0.29, 0.717) is 5.91 Å². The summed E-state index contributed by atoms with van der Waals surface area (Å²) in [6, 6.07) is 10.3. The SMILES string of the molecule is CCN1CC2(CCN(CCO)CC2)C[C@@H](c2ccccc2)C1=O. The van der Waals surface area contributed by atoms with Gasteiger partial charge in [-0.05, 0) is 50.3 Å². The number of aliphatic hydroxyl groups is 1. The topological polar surface area (TPSA) is 43.8 Å². The number of nitrogens with zero attached hydrogens (tertiary/aromatic N) is 2. The van der Waals surface area contributed by atoms with E-state index in [4.69, 9.17) is 5.11 Å². The summed E-state index contributed by atoms with van der Waals surface area (Å²) in [4.78, 5) is 17.2. The lowest BCUT2D eigenvalue weighted by Gasteiger charge is -2.49. The van der Waals surface area contributed by atoms with Crippen LogP contribution < -0.4 is 0 Å². The van der Waals surface area contributed by atoms with Crippen molar-refractivity contribution < 1.29 is 9.90 Å². The number of piperidine rings is 2. The van der Waals surface area contributed by atoms with E-state index in [2.05, 4.69) is 28.9 Å². The summed E-state index contributed by atoms with van der Waals surface area (Å²) in [6.07, 6.45) is 3.22. The second-order valence-electron chi connectivity index (χ2n) is 7.09. The van der Waals surface area contributed by atoms with Gasteiger partial charge in [0.2, 0.25) is 5.91 Å². The Balaban J connectivity index is 1.79. The molecule has 0 radical (unpaired) electrons. The fourth-order valence-corrected chi connectivity index (χ4v) is 4.26. The molecule has 2 saturated heterocycles. The van der Waals surface area contributed by atoms with Crippen LogP contribution in [0.2, 0.25) is 0 Å². The first kappa shape index (κ1) is 16.5. The molecule has 126 valence electrons. The Labute approximate surface area is 139 Å². The predicted molar refractivity (Wildman–Crippen MR) is 91.2 cm³/mol. The largest absolute Gasteiger partial charge is 0.395 e. The third-order valence-electron chi connectivity index (χ3n) is 5.69. The number of likely N-dealkylation sites (N-methyl/N-ethyl adjacent to an activating group) is 1. The number of hydrogen-bond donors (Lipinski definition) is 1. The summed E-state index contributed by atoms with van der Waals surface area (Å²) in [6.45, 7) is 6.86. The van der Waals surface area contributed by atoms with Gasteiger partial charge in [0, 0.05) is 19.6 Å². The first-order valence-electron chi connectivity index (χ1n) is 8.84. The van der Waals surface area contributed by atoms with Gasteiger partial charge in [0.25, 0.3) is 0 Å². The maximum atomic E-state index is 12.8. The van der Waals surface area contributed by atoms with E-state index < -0.39 is 0 Å². The van der Waals surface area contributed by atoms with Gasteiger partial charge in [0.05, 0.1) is 12.5 Å². The van der Waals surface area contributed by atoms with Crippen LogP contribution in [0.25, 0.3) is 0 Å². The van der Waals surface area contributed by atoms with E-state index in [1.165, 1.54) is 0 Å². The van der Waals surface area contributed by atoms with Crippen LogP contribution in [-0.2, 0) is 4.79 Å². The molecule has 1 amide bonds. The Bertz CT molecular complexity index is 523. The molecule has 3 rings (SSSR count). The number of aliphatic hydroxyl groups excluding tert-OH is 1. The molecule has 4 heteroatoms. The summed E-state index contributed by atoms with van der Waals surface area (Å²) in [5.74, 6) is 0.302. The van der Waals surface area contributed by atoms with Crippen LogP contribution in [0.5, 0.6) is 0 Å². The lowest BCUT2D eigenvalue weighted by atomic mass is 9.67. The molecule has 2 aliphatic heterocycles. The van der Waals surface area contributed by atoms with Crippen molar-refractivity contribution in [3.63, 3.8) is 0 Å². The van der Waals surface area contributed by atoms with Crippen LogP contribution in [-0.4, -0.2) is 60.1 Å². The van der Waals surface area contributed by atoms with Gasteiger partial charge in [-0.25, -0.2) is 0 Å². The van der Waals surface area contributed by atoms with Gasteiger partial charge in [-0.2, -0.15) is 0 Å². The van der Waals surface area contributed by atoms with Crippen molar-refractivity contribution in [2.75, 3.05) is 39.3 Å². The van der Waals surface area contributed by atoms with Crippen molar-refractivity contribution in [1.29, 1.82) is 0 Å². The molecule has 1 spiro atoms. The molecule has 2 fully saturated rings. The number of hydrogen-bond acceptors (Lipinski definition) is 3. The number of likely N-dealkylation sites (tertiary alicyclic amines) is 2. The highest BCUT2D eigenvalue weighted by atomic mass is 16.3. The molecular formula is C19H28N2O2. The van der Waals surface area contributed by atoms with Crippen molar-refractivity contribution in [2.24, 2.45) is 5.41 Å². The summed E-state index contributed by atoms with van der Waals surface area (Å²) in [5, 5.41) is 9.13. The van der Waals surface area contributed by atoms with Crippen molar-refractivity contribution in [3.8, 4) is 0 Å². The molecule has 1 aromatic rings. The maximum absolute atomic E-state index is 12.8. The molecule has 2 aliphatic rings. The van der Waals surface area contributed by atoms with Crippen LogP contribution in [0.4, 0.5) is 0 Å². The molecule has 0 aromatic heterocycles. The molecule has 1 aromatic carbocycles. The number of carbonyl (C=O) groups excluding carboxylic acids is 1. The fraction of sp³-hybridized carbons (Fsp3) is 0.632. The zero-order valence-corrected chi connectivity index (χ0v) is 14.1. The van der Waals surface area contributed by atoms with Crippen LogP contribution in [0, 0.1) is 5.41 Å². The number of rotatable bonds is 4. The summed E-state index contributed by atoms with van der Waals surface area (Å²) >= 11 is 0. The van der Waals surface area contributed by atoms with E-state index in [0.717, 1.165) is 57.5 Å². The molecule has 23 heavy (non-hydrogen) atoms. The van der Waals surface area contributed by atoms with E-state index in [9.17, 15) is 4.79 Å². The monoisotopic (exact) mass is 316 g/mol. The first-order chi connectivity index (χ1) is 11.2. The zero-order valence-electron chi connectivity index (χ0n) is 14.1. The zero-order chi connectivity index (χ0) is 16.3. The number of amides is 1. The first-order valence-corrected chi connectivity index (χ1v) is 8.84. The van der Waals surface area contributed by atoms with Crippen molar-refractivity contribution in [3.05, 3.63) is 35.9 Å². The fourth-order valence-electron chi connectivity index (χ4n) is 4.26. The second kappa shape index (κ2) is 7.02. The van der Waals surface area contributed by atoms with Gasteiger partial charge >= 0.3 is 0 Å². The molecule has 1 N–H and O–H groups in total. The minimum Gasteiger partial charge on any atom is -0.395 e. The van der Waals surface area contributed by atoms with Gasteiger partial charge in [-0.15, -0.1) is 0 Å².